The minimum absolute atomic E-state index is 0.203. The Morgan fingerprint density at radius 3 is 2.25 bits per heavy atom. The monoisotopic (exact) mass is 239 g/mol. The summed E-state index contributed by atoms with van der Waals surface area (Å²) in [5, 5.41) is -0.203. The smallest absolute Gasteiger partial charge is 0.181 e. The van der Waals surface area contributed by atoms with Crippen LogP contribution in [0.5, 0.6) is 0 Å². The number of nitrogens with zero attached hydrogens (tertiary/aromatic N) is 1. The van der Waals surface area contributed by atoms with Gasteiger partial charge in [0.25, 0.3) is 0 Å². The molecular weight excluding hydrogens is 222 g/mol. The van der Waals surface area contributed by atoms with Crippen molar-refractivity contribution in [2.75, 3.05) is 20.1 Å². The summed E-state index contributed by atoms with van der Waals surface area (Å²) in [7, 11) is -1.08. The van der Waals surface area contributed by atoms with Crippen molar-refractivity contribution in [2.45, 2.75) is 23.0 Å². The Kier molecular flexibility index (Phi) is 3.30. The Labute approximate surface area is 97.0 Å². The molecule has 0 atom stereocenters. The normalized spacial score (nSPS) is 19.8. The number of benzene rings is 1. The van der Waals surface area contributed by atoms with Crippen molar-refractivity contribution >= 4 is 9.84 Å². The van der Waals surface area contributed by atoms with Crippen molar-refractivity contribution in [3.63, 3.8) is 0 Å². The Morgan fingerprint density at radius 2 is 1.69 bits per heavy atom. The molecule has 1 aliphatic heterocycles. The molecule has 1 heterocycles. The fourth-order valence-corrected chi connectivity index (χ4v) is 3.85. The number of hydrogen-bond acceptors (Lipinski definition) is 3. The van der Waals surface area contributed by atoms with Crippen LogP contribution in [-0.4, -0.2) is 38.7 Å². The summed E-state index contributed by atoms with van der Waals surface area (Å²) < 4.78 is 24.6. The molecule has 0 amide bonds. The van der Waals surface area contributed by atoms with Crippen molar-refractivity contribution < 1.29 is 8.42 Å². The van der Waals surface area contributed by atoms with Gasteiger partial charge in [-0.05, 0) is 45.1 Å². The van der Waals surface area contributed by atoms with Gasteiger partial charge in [-0.3, -0.25) is 0 Å². The zero-order valence-electron chi connectivity index (χ0n) is 9.46. The van der Waals surface area contributed by atoms with Crippen LogP contribution in [0.1, 0.15) is 12.8 Å². The molecule has 88 valence electrons. The van der Waals surface area contributed by atoms with Gasteiger partial charge in [0.2, 0.25) is 0 Å². The second kappa shape index (κ2) is 4.55. The third-order valence-electron chi connectivity index (χ3n) is 3.18. The van der Waals surface area contributed by atoms with Crippen LogP contribution >= 0.6 is 0 Å². The zero-order chi connectivity index (χ0) is 11.6. The van der Waals surface area contributed by atoms with Gasteiger partial charge in [0.05, 0.1) is 10.1 Å². The average Bonchev–Trinajstić information content (AvgIpc) is 2.31. The molecule has 0 unspecified atom stereocenters. The first-order valence-electron chi connectivity index (χ1n) is 5.58. The summed E-state index contributed by atoms with van der Waals surface area (Å²) in [6, 6.07) is 8.78. The summed E-state index contributed by atoms with van der Waals surface area (Å²) >= 11 is 0. The maximum Gasteiger partial charge on any atom is 0.181 e. The highest BCUT2D eigenvalue weighted by atomic mass is 32.2. The van der Waals surface area contributed by atoms with Gasteiger partial charge in [-0.1, -0.05) is 18.2 Å². The molecule has 0 aliphatic carbocycles. The number of likely N-dealkylation sites (tertiary alicyclic amines) is 1. The molecule has 2 rings (SSSR count). The Bertz CT molecular complexity index is 433. The SMILES string of the molecule is CN1CCC(S(=O)(=O)c2ccccc2)CC1. The van der Waals surface area contributed by atoms with Crippen LogP contribution in [0.3, 0.4) is 0 Å². The minimum Gasteiger partial charge on any atom is -0.306 e. The third kappa shape index (κ3) is 2.28. The van der Waals surface area contributed by atoms with Crippen molar-refractivity contribution in [3.05, 3.63) is 30.3 Å². The summed E-state index contributed by atoms with van der Waals surface area (Å²) in [5.74, 6) is 0. The standard InChI is InChI=1S/C12H17NO2S/c1-13-9-7-12(8-10-13)16(14,15)11-5-3-2-4-6-11/h2-6,12H,7-10H2,1H3. The lowest BCUT2D eigenvalue weighted by atomic mass is 10.1. The van der Waals surface area contributed by atoms with E-state index in [0.717, 1.165) is 25.9 Å². The van der Waals surface area contributed by atoms with Crippen molar-refractivity contribution in [3.8, 4) is 0 Å². The summed E-state index contributed by atoms with van der Waals surface area (Å²) in [4.78, 5) is 2.64. The molecule has 1 aromatic rings. The Hall–Kier alpha value is -0.870. The van der Waals surface area contributed by atoms with Crippen LogP contribution in [0.25, 0.3) is 0 Å². The second-order valence-electron chi connectivity index (χ2n) is 4.36. The molecule has 0 N–H and O–H groups in total. The lowest BCUT2D eigenvalue weighted by Gasteiger charge is -2.28. The van der Waals surface area contributed by atoms with Gasteiger partial charge in [0.15, 0.2) is 9.84 Å². The van der Waals surface area contributed by atoms with E-state index >= 15 is 0 Å². The van der Waals surface area contributed by atoms with Crippen LogP contribution in [0.2, 0.25) is 0 Å². The van der Waals surface area contributed by atoms with Gasteiger partial charge >= 0.3 is 0 Å². The summed E-state index contributed by atoms with van der Waals surface area (Å²) in [6.45, 7) is 1.74. The first-order chi connectivity index (χ1) is 7.60. The van der Waals surface area contributed by atoms with Crippen LogP contribution < -0.4 is 0 Å². The molecule has 1 saturated heterocycles. The molecule has 3 nitrogen and oxygen atoms in total. The largest absolute Gasteiger partial charge is 0.306 e. The van der Waals surface area contributed by atoms with E-state index in [9.17, 15) is 8.42 Å². The van der Waals surface area contributed by atoms with Crippen LogP contribution in [0.15, 0.2) is 35.2 Å². The van der Waals surface area contributed by atoms with E-state index in [-0.39, 0.29) is 5.25 Å². The first kappa shape index (κ1) is 11.6. The van der Waals surface area contributed by atoms with Crippen LogP contribution in [0.4, 0.5) is 0 Å². The van der Waals surface area contributed by atoms with E-state index in [2.05, 4.69) is 4.90 Å². The highest BCUT2D eigenvalue weighted by molar-refractivity contribution is 7.92. The molecule has 1 aromatic carbocycles. The van der Waals surface area contributed by atoms with Gasteiger partial charge in [0.1, 0.15) is 0 Å². The average molecular weight is 239 g/mol. The van der Waals surface area contributed by atoms with E-state index in [4.69, 9.17) is 0 Å². The molecule has 1 aliphatic rings. The highest BCUT2D eigenvalue weighted by Crippen LogP contribution is 2.23. The summed E-state index contributed by atoms with van der Waals surface area (Å²) in [5.41, 5.74) is 0. The topological polar surface area (TPSA) is 37.4 Å². The van der Waals surface area contributed by atoms with Crippen molar-refractivity contribution in [1.29, 1.82) is 0 Å². The van der Waals surface area contributed by atoms with Gasteiger partial charge in [-0.2, -0.15) is 0 Å². The van der Waals surface area contributed by atoms with E-state index in [1.165, 1.54) is 0 Å². The summed E-state index contributed by atoms with van der Waals surface area (Å²) in [6.07, 6.45) is 1.49. The maximum atomic E-state index is 12.3. The second-order valence-corrected chi connectivity index (χ2v) is 6.59. The lowest BCUT2D eigenvalue weighted by Crippen LogP contribution is -2.37. The van der Waals surface area contributed by atoms with Gasteiger partial charge in [-0.15, -0.1) is 0 Å². The van der Waals surface area contributed by atoms with E-state index in [1.54, 1.807) is 24.3 Å². The Balaban J connectivity index is 2.20. The van der Waals surface area contributed by atoms with Crippen LogP contribution in [0, 0.1) is 0 Å². The molecule has 0 bridgehead atoms. The molecule has 0 saturated carbocycles. The number of sulfone groups is 1. The predicted molar refractivity (Wildman–Crippen MR) is 64.1 cm³/mol. The van der Waals surface area contributed by atoms with Gasteiger partial charge < -0.3 is 4.90 Å². The number of piperidine rings is 1. The molecule has 0 radical (unpaired) electrons. The van der Waals surface area contributed by atoms with Gasteiger partial charge in [0, 0.05) is 0 Å². The fourth-order valence-electron chi connectivity index (χ4n) is 2.10. The van der Waals surface area contributed by atoms with Gasteiger partial charge in [-0.25, -0.2) is 8.42 Å². The lowest BCUT2D eigenvalue weighted by molar-refractivity contribution is 0.277. The highest BCUT2D eigenvalue weighted by Gasteiger charge is 2.29. The van der Waals surface area contributed by atoms with Crippen molar-refractivity contribution in [1.82, 2.24) is 4.90 Å². The molecule has 4 heteroatoms. The van der Waals surface area contributed by atoms with E-state index in [1.807, 2.05) is 13.1 Å². The number of rotatable bonds is 2. The Morgan fingerprint density at radius 1 is 1.12 bits per heavy atom. The van der Waals surface area contributed by atoms with Crippen molar-refractivity contribution in [2.24, 2.45) is 0 Å². The molecule has 16 heavy (non-hydrogen) atoms. The van der Waals surface area contributed by atoms with E-state index in [0.29, 0.717) is 4.90 Å². The molecule has 0 spiro atoms. The van der Waals surface area contributed by atoms with Crippen LogP contribution in [-0.2, 0) is 9.84 Å². The quantitative estimate of drug-likeness (QED) is 0.786. The zero-order valence-corrected chi connectivity index (χ0v) is 10.3. The first-order valence-corrected chi connectivity index (χ1v) is 7.13. The maximum absolute atomic E-state index is 12.3. The third-order valence-corrected chi connectivity index (χ3v) is 5.45. The molecule has 0 aromatic heterocycles. The molecular formula is C12H17NO2S. The minimum atomic E-state index is -3.11. The molecule has 1 fully saturated rings. The van der Waals surface area contributed by atoms with E-state index < -0.39 is 9.84 Å². The fraction of sp³-hybridized carbons (Fsp3) is 0.500. The predicted octanol–water partition coefficient (Wildman–Crippen LogP) is 1.55. The number of hydrogen-bond donors (Lipinski definition) is 0.